The van der Waals surface area contributed by atoms with Crippen molar-refractivity contribution in [1.29, 1.82) is 0 Å². The molecule has 0 aliphatic heterocycles. The van der Waals surface area contributed by atoms with E-state index < -0.39 is 17.9 Å². The molecule has 0 aliphatic rings. The fraction of sp³-hybridized carbons (Fsp3) is 0.357. The summed E-state index contributed by atoms with van der Waals surface area (Å²) in [5.41, 5.74) is -0.425. The van der Waals surface area contributed by atoms with Crippen LogP contribution in [0.25, 0.3) is 11.0 Å². The average molecular weight is 302 g/mol. The first-order chi connectivity index (χ1) is 9.53. The molecule has 0 fully saturated rings. The summed E-state index contributed by atoms with van der Waals surface area (Å²) in [4.78, 5) is 11.8. The summed E-state index contributed by atoms with van der Waals surface area (Å²) in [6.07, 6.45) is -4.77. The van der Waals surface area contributed by atoms with Gasteiger partial charge in [0.1, 0.15) is 16.9 Å². The number of hydrogen-bond acceptors (Lipinski definition) is 4. The van der Waals surface area contributed by atoms with Gasteiger partial charge in [0.05, 0.1) is 0 Å². The zero-order chi connectivity index (χ0) is 15.8. The largest absolute Gasteiger partial charge is 0.573 e. The van der Waals surface area contributed by atoms with Crippen LogP contribution < -0.4 is 4.74 Å². The molecule has 0 bridgehead atoms. The van der Waals surface area contributed by atoms with Gasteiger partial charge in [0, 0.05) is 5.39 Å². The third kappa shape index (κ3) is 4.14. The fourth-order valence-electron chi connectivity index (χ4n) is 1.65. The molecule has 0 unspecified atom stereocenters. The highest BCUT2D eigenvalue weighted by molar-refractivity contribution is 5.93. The number of alkyl halides is 3. The minimum Gasteiger partial charge on any atom is -0.454 e. The number of ether oxygens (including phenoxy) is 2. The Morgan fingerprint density at radius 2 is 1.81 bits per heavy atom. The van der Waals surface area contributed by atoms with E-state index in [1.165, 1.54) is 12.1 Å². The SMILES string of the molecule is CC(C)(C)OC(=O)c1cc2cc(OC(F)(F)F)ccc2o1. The van der Waals surface area contributed by atoms with E-state index in [1.54, 1.807) is 20.8 Å². The lowest BCUT2D eigenvalue weighted by molar-refractivity contribution is -0.274. The first kappa shape index (κ1) is 15.2. The molecule has 0 aliphatic carbocycles. The zero-order valence-electron chi connectivity index (χ0n) is 11.6. The van der Waals surface area contributed by atoms with Crippen molar-refractivity contribution in [1.82, 2.24) is 0 Å². The van der Waals surface area contributed by atoms with Crippen LogP contribution in [0.15, 0.2) is 28.7 Å². The smallest absolute Gasteiger partial charge is 0.454 e. The topological polar surface area (TPSA) is 48.7 Å². The van der Waals surface area contributed by atoms with Gasteiger partial charge in [-0.2, -0.15) is 0 Å². The molecule has 1 aromatic heterocycles. The molecule has 21 heavy (non-hydrogen) atoms. The molecule has 2 rings (SSSR count). The minimum atomic E-state index is -4.77. The number of carbonyl (C=O) groups is 1. The maximum absolute atomic E-state index is 12.1. The third-order valence-corrected chi connectivity index (χ3v) is 2.32. The predicted octanol–water partition coefficient (Wildman–Crippen LogP) is 4.29. The average Bonchev–Trinajstić information content (AvgIpc) is 2.67. The predicted molar refractivity (Wildman–Crippen MR) is 68.1 cm³/mol. The maximum Gasteiger partial charge on any atom is 0.573 e. The van der Waals surface area contributed by atoms with Gasteiger partial charge in [-0.05, 0) is 45.0 Å². The van der Waals surface area contributed by atoms with E-state index in [0.29, 0.717) is 5.39 Å². The standard InChI is InChI=1S/C14H13F3O4/c1-13(2,3)21-12(18)11-7-8-6-9(20-14(15,16)17)4-5-10(8)19-11/h4-7H,1-3H3. The normalized spacial score (nSPS) is 12.5. The van der Waals surface area contributed by atoms with Crippen molar-refractivity contribution in [3.8, 4) is 5.75 Å². The Bertz CT molecular complexity index is 665. The molecule has 0 spiro atoms. The molecule has 4 nitrogen and oxygen atoms in total. The molecular weight excluding hydrogens is 289 g/mol. The second-order valence-electron chi connectivity index (χ2n) is 5.36. The van der Waals surface area contributed by atoms with Crippen LogP contribution >= 0.6 is 0 Å². The van der Waals surface area contributed by atoms with Crippen molar-refractivity contribution in [2.24, 2.45) is 0 Å². The minimum absolute atomic E-state index is 0.0796. The first-order valence-electron chi connectivity index (χ1n) is 6.06. The van der Waals surface area contributed by atoms with Crippen LogP contribution in [-0.2, 0) is 4.74 Å². The highest BCUT2D eigenvalue weighted by Crippen LogP contribution is 2.28. The quantitative estimate of drug-likeness (QED) is 0.777. The van der Waals surface area contributed by atoms with Gasteiger partial charge in [0.2, 0.25) is 5.76 Å². The van der Waals surface area contributed by atoms with Gasteiger partial charge in [-0.25, -0.2) is 4.79 Å². The van der Waals surface area contributed by atoms with E-state index in [4.69, 9.17) is 9.15 Å². The molecular formula is C14H13F3O4. The van der Waals surface area contributed by atoms with Gasteiger partial charge in [-0.3, -0.25) is 0 Å². The molecule has 7 heteroatoms. The first-order valence-corrected chi connectivity index (χ1v) is 6.06. The van der Waals surface area contributed by atoms with E-state index in [1.807, 2.05) is 0 Å². The molecule has 0 N–H and O–H groups in total. The Balaban J connectivity index is 2.28. The summed E-state index contributed by atoms with van der Waals surface area (Å²) in [5, 5.41) is 0.317. The Morgan fingerprint density at radius 3 is 2.38 bits per heavy atom. The maximum atomic E-state index is 12.1. The van der Waals surface area contributed by atoms with Gasteiger partial charge in [-0.15, -0.1) is 13.2 Å². The van der Waals surface area contributed by atoms with Gasteiger partial charge < -0.3 is 13.9 Å². The Morgan fingerprint density at radius 1 is 1.14 bits per heavy atom. The molecule has 1 heterocycles. The van der Waals surface area contributed by atoms with Gasteiger partial charge in [0.15, 0.2) is 0 Å². The molecule has 0 atom stereocenters. The van der Waals surface area contributed by atoms with Crippen LogP contribution in [-0.4, -0.2) is 17.9 Å². The van der Waals surface area contributed by atoms with Crippen LogP contribution in [0.1, 0.15) is 31.3 Å². The van der Waals surface area contributed by atoms with Crippen molar-refractivity contribution in [2.45, 2.75) is 32.7 Å². The summed E-state index contributed by atoms with van der Waals surface area (Å²) in [6, 6.07) is 4.86. The van der Waals surface area contributed by atoms with E-state index in [-0.39, 0.29) is 17.1 Å². The third-order valence-electron chi connectivity index (χ3n) is 2.32. The van der Waals surface area contributed by atoms with Crippen LogP contribution in [0.4, 0.5) is 13.2 Å². The number of benzene rings is 1. The summed E-state index contributed by atoms with van der Waals surface area (Å²) < 4.78 is 50.6. The van der Waals surface area contributed by atoms with Gasteiger partial charge in [0.25, 0.3) is 0 Å². The lowest BCUT2D eigenvalue weighted by atomic mass is 10.2. The second-order valence-corrected chi connectivity index (χ2v) is 5.36. The van der Waals surface area contributed by atoms with Crippen molar-refractivity contribution in [2.75, 3.05) is 0 Å². The Labute approximate surface area is 118 Å². The van der Waals surface area contributed by atoms with Crippen LogP contribution in [0, 0.1) is 0 Å². The molecule has 0 saturated carbocycles. The summed E-state index contributed by atoms with van der Waals surface area (Å²) in [7, 11) is 0. The molecule has 0 saturated heterocycles. The molecule has 2 aromatic rings. The second kappa shape index (κ2) is 4.98. The monoisotopic (exact) mass is 302 g/mol. The highest BCUT2D eigenvalue weighted by Gasteiger charge is 2.31. The molecule has 1 aromatic carbocycles. The molecule has 0 radical (unpaired) electrons. The number of carbonyl (C=O) groups excluding carboxylic acids is 1. The summed E-state index contributed by atoms with van der Waals surface area (Å²) in [6.45, 7) is 5.09. The number of halogens is 3. The van der Waals surface area contributed by atoms with Crippen molar-refractivity contribution >= 4 is 16.9 Å². The molecule has 0 amide bonds. The summed E-state index contributed by atoms with van der Waals surface area (Å²) >= 11 is 0. The van der Waals surface area contributed by atoms with E-state index in [2.05, 4.69) is 4.74 Å². The van der Waals surface area contributed by atoms with E-state index in [0.717, 1.165) is 12.1 Å². The fourth-order valence-corrected chi connectivity index (χ4v) is 1.65. The van der Waals surface area contributed by atoms with Crippen molar-refractivity contribution in [3.63, 3.8) is 0 Å². The van der Waals surface area contributed by atoms with Crippen LogP contribution in [0.3, 0.4) is 0 Å². The number of hydrogen-bond donors (Lipinski definition) is 0. The number of fused-ring (bicyclic) bond motifs is 1. The van der Waals surface area contributed by atoms with Crippen molar-refractivity contribution < 1.29 is 31.9 Å². The van der Waals surface area contributed by atoms with Gasteiger partial charge in [-0.1, -0.05) is 0 Å². The summed E-state index contributed by atoms with van der Waals surface area (Å²) in [5.74, 6) is -1.15. The van der Waals surface area contributed by atoms with Crippen molar-refractivity contribution in [3.05, 3.63) is 30.0 Å². The number of esters is 1. The number of rotatable bonds is 2. The zero-order valence-corrected chi connectivity index (χ0v) is 11.6. The Kier molecular flexibility index (Phi) is 3.61. The van der Waals surface area contributed by atoms with Crippen LogP contribution in [0.2, 0.25) is 0 Å². The molecule has 114 valence electrons. The van der Waals surface area contributed by atoms with Gasteiger partial charge >= 0.3 is 12.3 Å². The highest BCUT2D eigenvalue weighted by atomic mass is 19.4. The Hall–Kier alpha value is -2.18. The van der Waals surface area contributed by atoms with E-state index >= 15 is 0 Å². The lowest BCUT2D eigenvalue weighted by Crippen LogP contribution is -2.23. The van der Waals surface area contributed by atoms with Crippen LogP contribution in [0.5, 0.6) is 5.75 Å². The van der Waals surface area contributed by atoms with E-state index in [9.17, 15) is 18.0 Å². The lowest BCUT2D eigenvalue weighted by Gasteiger charge is -2.18. The number of furan rings is 1.